The second-order valence-electron chi connectivity index (χ2n) is 5.29. The Morgan fingerprint density at radius 3 is 3.09 bits per heavy atom. The minimum absolute atomic E-state index is 0.232. The van der Waals surface area contributed by atoms with Crippen LogP contribution in [0.5, 0.6) is 0 Å². The second-order valence-corrected chi connectivity index (χ2v) is 7.93. The Bertz CT molecular complexity index is 651. The van der Waals surface area contributed by atoms with Gasteiger partial charge in [0.15, 0.2) is 0 Å². The molecule has 0 radical (unpaired) electrons. The van der Waals surface area contributed by atoms with E-state index in [1.165, 1.54) is 0 Å². The summed E-state index contributed by atoms with van der Waals surface area (Å²) in [4.78, 5) is 18.4. The van der Waals surface area contributed by atoms with Gasteiger partial charge < -0.3 is 10.2 Å². The monoisotopic (exact) mass is 367 g/mol. The molecule has 1 aromatic carbocycles. The number of hydrogen-bond donors (Lipinski definition) is 1. The van der Waals surface area contributed by atoms with Crippen molar-refractivity contribution >= 4 is 46.3 Å². The highest BCUT2D eigenvalue weighted by Crippen LogP contribution is 2.25. The van der Waals surface area contributed by atoms with E-state index in [2.05, 4.69) is 10.3 Å². The van der Waals surface area contributed by atoms with Gasteiger partial charge >= 0.3 is 0 Å². The number of nitrogens with one attached hydrogen (secondary N) is 1. The van der Waals surface area contributed by atoms with Gasteiger partial charge in [-0.1, -0.05) is 35.5 Å². The number of nitrogens with zero attached hydrogens (tertiary/aromatic N) is 2. The Morgan fingerprint density at radius 2 is 2.30 bits per heavy atom. The third-order valence-corrected chi connectivity index (χ3v) is 6.10. The van der Waals surface area contributed by atoms with Crippen molar-refractivity contribution in [1.82, 2.24) is 9.88 Å². The van der Waals surface area contributed by atoms with Crippen molar-refractivity contribution in [3.8, 4) is 0 Å². The van der Waals surface area contributed by atoms with E-state index in [-0.39, 0.29) is 11.9 Å². The number of halogens is 1. The minimum atomic E-state index is 0.232. The van der Waals surface area contributed by atoms with Crippen LogP contribution in [0.1, 0.15) is 12.8 Å². The fourth-order valence-corrected chi connectivity index (χ4v) is 4.51. The van der Waals surface area contributed by atoms with Gasteiger partial charge in [-0.15, -0.1) is 11.3 Å². The predicted molar refractivity (Wildman–Crippen MR) is 97.5 cm³/mol. The molecule has 3 rings (SSSR count). The summed E-state index contributed by atoms with van der Waals surface area (Å²) in [6.07, 6.45) is 3.35. The summed E-state index contributed by atoms with van der Waals surface area (Å²) in [5.74, 6) is 1.12. The van der Waals surface area contributed by atoms with E-state index in [0.29, 0.717) is 11.4 Å². The van der Waals surface area contributed by atoms with E-state index in [1.54, 1.807) is 23.1 Å². The molecule has 7 heteroatoms. The Morgan fingerprint density at radius 1 is 1.43 bits per heavy atom. The molecule has 1 atom stereocenters. The molecule has 1 aliphatic rings. The lowest BCUT2D eigenvalue weighted by Crippen LogP contribution is -2.39. The first-order valence-electron chi connectivity index (χ1n) is 7.54. The summed E-state index contributed by atoms with van der Waals surface area (Å²) in [5.41, 5.74) is 0.922. The molecule has 0 aliphatic carbocycles. The SMILES string of the molecule is O=C1CC[C@H](CNc2ccccc2Cl)N1CCSc1nccs1. The molecule has 0 unspecified atom stereocenters. The standard InChI is InChI=1S/C16H18ClN3OS2/c17-13-3-1-2-4-14(13)19-11-12-5-6-15(21)20(12)8-10-23-16-18-7-9-22-16/h1-4,7,9,12,19H,5-6,8,10-11H2/t12-/m1/s1. The molecule has 1 fully saturated rings. The van der Waals surface area contributed by atoms with E-state index in [9.17, 15) is 4.79 Å². The number of anilines is 1. The van der Waals surface area contributed by atoms with E-state index in [0.717, 1.165) is 35.3 Å². The molecule has 2 heterocycles. The van der Waals surface area contributed by atoms with Crippen LogP contribution in [-0.4, -0.2) is 40.7 Å². The average molecular weight is 368 g/mol. The average Bonchev–Trinajstić information content (AvgIpc) is 3.18. The molecule has 23 heavy (non-hydrogen) atoms. The first-order chi connectivity index (χ1) is 11.2. The molecular formula is C16H18ClN3OS2. The van der Waals surface area contributed by atoms with Crippen molar-refractivity contribution in [2.24, 2.45) is 0 Å². The van der Waals surface area contributed by atoms with Crippen LogP contribution >= 0.6 is 34.7 Å². The van der Waals surface area contributed by atoms with Gasteiger partial charge in [-0.2, -0.15) is 0 Å². The van der Waals surface area contributed by atoms with Gasteiger partial charge in [0, 0.05) is 42.9 Å². The quantitative estimate of drug-likeness (QED) is 0.751. The predicted octanol–water partition coefficient (Wildman–Crippen LogP) is 3.99. The van der Waals surface area contributed by atoms with Crippen molar-refractivity contribution in [3.63, 3.8) is 0 Å². The third kappa shape index (κ3) is 4.40. The lowest BCUT2D eigenvalue weighted by molar-refractivity contribution is -0.128. The topological polar surface area (TPSA) is 45.2 Å². The molecule has 122 valence electrons. The Labute approximate surface area is 149 Å². The van der Waals surface area contributed by atoms with Crippen LogP contribution in [0.15, 0.2) is 40.2 Å². The molecular weight excluding hydrogens is 350 g/mol. The molecule has 1 N–H and O–H groups in total. The maximum Gasteiger partial charge on any atom is 0.222 e. The third-order valence-electron chi connectivity index (χ3n) is 3.82. The maximum absolute atomic E-state index is 12.1. The van der Waals surface area contributed by atoms with Crippen LogP contribution in [0.3, 0.4) is 0 Å². The van der Waals surface area contributed by atoms with E-state index in [1.807, 2.05) is 40.7 Å². The number of thiazole rings is 1. The van der Waals surface area contributed by atoms with Crippen LogP contribution in [-0.2, 0) is 4.79 Å². The number of carbonyl (C=O) groups excluding carboxylic acids is 1. The molecule has 1 amide bonds. The van der Waals surface area contributed by atoms with Crippen molar-refractivity contribution in [2.45, 2.75) is 23.2 Å². The summed E-state index contributed by atoms with van der Waals surface area (Å²) in [7, 11) is 0. The van der Waals surface area contributed by atoms with Crippen LogP contribution in [0.2, 0.25) is 5.02 Å². The molecule has 1 saturated heterocycles. The molecule has 2 aromatic rings. The summed E-state index contributed by atoms with van der Waals surface area (Å²) in [5, 5.41) is 6.05. The van der Waals surface area contributed by atoms with Gasteiger partial charge in [0.25, 0.3) is 0 Å². The highest BCUT2D eigenvalue weighted by atomic mass is 35.5. The minimum Gasteiger partial charge on any atom is -0.382 e. The first kappa shape index (κ1) is 16.6. The highest BCUT2D eigenvalue weighted by Gasteiger charge is 2.30. The lowest BCUT2D eigenvalue weighted by Gasteiger charge is -2.25. The summed E-state index contributed by atoms with van der Waals surface area (Å²) in [6.45, 7) is 1.50. The largest absolute Gasteiger partial charge is 0.382 e. The zero-order valence-electron chi connectivity index (χ0n) is 12.6. The fourth-order valence-electron chi connectivity index (χ4n) is 2.66. The van der Waals surface area contributed by atoms with Crippen LogP contribution in [0.25, 0.3) is 0 Å². The van der Waals surface area contributed by atoms with Crippen LogP contribution in [0, 0.1) is 0 Å². The van der Waals surface area contributed by atoms with Gasteiger partial charge in [0.1, 0.15) is 4.34 Å². The highest BCUT2D eigenvalue weighted by molar-refractivity contribution is 8.01. The van der Waals surface area contributed by atoms with Crippen LogP contribution < -0.4 is 5.32 Å². The number of thioether (sulfide) groups is 1. The van der Waals surface area contributed by atoms with Gasteiger partial charge in [-0.3, -0.25) is 4.79 Å². The molecule has 0 spiro atoms. The smallest absolute Gasteiger partial charge is 0.222 e. The number of benzene rings is 1. The van der Waals surface area contributed by atoms with Gasteiger partial charge in [0.2, 0.25) is 5.91 Å². The van der Waals surface area contributed by atoms with Crippen LogP contribution in [0.4, 0.5) is 5.69 Å². The number of para-hydroxylation sites is 1. The van der Waals surface area contributed by atoms with E-state index >= 15 is 0 Å². The second kappa shape index (κ2) is 8.04. The van der Waals surface area contributed by atoms with Crippen molar-refractivity contribution in [3.05, 3.63) is 40.9 Å². The maximum atomic E-state index is 12.1. The Balaban J connectivity index is 1.51. The number of amides is 1. The van der Waals surface area contributed by atoms with Crippen molar-refractivity contribution in [1.29, 1.82) is 0 Å². The zero-order chi connectivity index (χ0) is 16.1. The Kier molecular flexibility index (Phi) is 5.80. The zero-order valence-corrected chi connectivity index (χ0v) is 15.0. The van der Waals surface area contributed by atoms with E-state index < -0.39 is 0 Å². The number of aromatic nitrogens is 1. The molecule has 4 nitrogen and oxygen atoms in total. The summed E-state index contributed by atoms with van der Waals surface area (Å²) in [6, 6.07) is 7.93. The molecule has 1 aromatic heterocycles. The fraction of sp³-hybridized carbons (Fsp3) is 0.375. The molecule has 0 bridgehead atoms. The van der Waals surface area contributed by atoms with Crippen molar-refractivity contribution in [2.75, 3.05) is 24.2 Å². The first-order valence-corrected chi connectivity index (χ1v) is 9.78. The lowest BCUT2D eigenvalue weighted by atomic mass is 10.2. The Hall–Kier alpha value is -1.24. The summed E-state index contributed by atoms with van der Waals surface area (Å²) < 4.78 is 1.06. The van der Waals surface area contributed by atoms with Gasteiger partial charge in [-0.05, 0) is 18.6 Å². The number of likely N-dealkylation sites (tertiary alicyclic amines) is 1. The van der Waals surface area contributed by atoms with Gasteiger partial charge in [-0.25, -0.2) is 4.98 Å². The molecule has 1 aliphatic heterocycles. The molecule has 0 saturated carbocycles. The number of rotatable bonds is 7. The number of hydrogen-bond acceptors (Lipinski definition) is 5. The van der Waals surface area contributed by atoms with E-state index in [4.69, 9.17) is 11.6 Å². The normalized spacial score (nSPS) is 17.7. The summed E-state index contributed by atoms with van der Waals surface area (Å²) >= 11 is 9.51. The number of carbonyl (C=O) groups is 1. The van der Waals surface area contributed by atoms with Gasteiger partial charge in [0.05, 0.1) is 10.7 Å². The van der Waals surface area contributed by atoms with Crippen molar-refractivity contribution < 1.29 is 4.79 Å².